The zero-order valence-corrected chi connectivity index (χ0v) is 11.9. The Hall–Kier alpha value is -1.47. The van der Waals surface area contributed by atoms with Crippen LogP contribution in [0.2, 0.25) is 5.15 Å². The molecule has 2 aromatic heterocycles. The highest BCUT2D eigenvalue weighted by atomic mass is 79.9. The molecule has 0 aliphatic carbocycles. The van der Waals surface area contributed by atoms with Crippen LogP contribution in [0, 0.1) is 0 Å². The number of carbonyl (C=O) groups excluding carboxylic acids is 1. The van der Waals surface area contributed by atoms with Crippen molar-refractivity contribution >= 4 is 33.3 Å². The van der Waals surface area contributed by atoms with Gasteiger partial charge in [-0.1, -0.05) is 11.6 Å². The van der Waals surface area contributed by atoms with Gasteiger partial charge in [0.05, 0.1) is 5.56 Å². The van der Waals surface area contributed by atoms with E-state index in [-0.39, 0.29) is 11.1 Å². The van der Waals surface area contributed by atoms with Gasteiger partial charge in [0.25, 0.3) is 0 Å². The molecule has 2 rings (SSSR count). The van der Waals surface area contributed by atoms with Crippen molar-refractivity contribution < 1.29 is 18.0 Å². The van der Waals surface area contributed by atoms with Crippen molar-refractivity contribution in [3.63, 3.8) is 0 Å². The summed E-state index contributed by atoms with van der Waals surface area (Å²) in [6.45, 7) is 0. The fraction of sp³-hybridized carbons (Fsp3) is 0.0833. The molecular formula is C12H5BrClF3N2O. The normalized spacial score (nSPS) is 11.4. The molecule has 2 aromatic rings. The molecule has 20 heavy (non-hydrogen) atoms. The number of nitrogens with zero attached hydrogens (tertiary/aromatic N) is 2. The highest BCUT2D eigenvalue weighted by Crippen LogP contribution is 2.30. The monoisotopic (exact) mass is 364 g/mol. The molecular weight excluding hydrogens is 360 g/mol. The number of aromatic nitrogens is 2. The van der Waals surface area contributed by atoms with E-state index in [0.29, 0.717) is 10.5 Å². The van der Waals surface area contributed by atoms with E-state index in [4.69, 9.17) is 11.6 Å². The summed E-state index contributed by atoms with van der Waals surface area (Å²) in [7, 11) is 0. The molecule has 0 aromatic carbocycles. The van der Waals surface area contributed by atoms with Gasteiger partial charge in [-0.15, -0.1) is 0 Å². The maximum absolute atomic E-state index is 12.5. The molecule has 0 amide bonds. The van der Waals surface area contributed by atoms with E-state index >= 15 is 0 Å². The van der Waals surface area contributed by atoms with Gasteiger partial charge in [-0.05, 0) is 34.1 Å². The van der Waals surface area contributed by atoms with Gasteiger partial charge in [0.1, 0.15) is 10.8 Å². The number of rotatable bonds is 2. The first-order chi connectivity index (χ1) is 9.29. The average molecular weight is 366 g/mol. The van der Waals surface area contributed by atoms with E-state index in [2.05, 4.69) is 25.9 Å². The second-order valence-corrected chi connectivity index (χ2v) is 5.03. The lowest BCUT2D eigenvalue weighted by atomic mass is 10.1. The second kappa shape index (κ2) is 5.49. The molecule has 0 fully saturated rings. The average Bonchev–Trinajstić information content (AvgIpc) is 2.36. The maximum atomic E-state index is 12.5. The zero-order valence-electron chi connectivity index (χ0n) is 9.58. The molecule has 3 nitrogen and oxygen atoms in total. The van der Waals surface area contributed by atoms with Crippen LogP contribution in [0.1, 0.15) is 21.6 Å². The summed E-state index contributed by atoms with van der Waals surface area (Å²) in [5.41, 5.74) is -1.06. The first-order valence-electron chi connectivity index (χ1n) is 5.18. The Morgan fingerprint density at radius 1 is 1.25 bits per heavy atom. The van der Waals surface area contributed by atoms with Crippen molar-refractivity contribution in [3.8, 4) is 0 Å². The third-order valence-corrected chi connectivity index (χ3v) is 3.07. The Labute approximate surface area is 124 Å². The van der Waals surface area contributed by atoms with Crippen LogP contribution in [-0.4, -0.2) is 15.8 Å². The van der Waals surface area contributed by atoms with E-state index in [1.165, 1.54) is 18.5 Å². The molecule has 8 heteroatoms. The number of hydrogen-bond acceptors (Lipinski definition) is 3. The molecule has 0 saturated carbocycles. The van der Waals surface area contributed by atoms with E-state index in [1.54, 1.807) is 0 Å². The van der Waals surface area contributed by atoms with Crippen LogP contribution in [0.15, 0.2) is 35.1 Å². The number of alkyl halides is 3. The van der Waals surface area contributed by atoms with Gasteiger partial charge in [0.2, 0.25) is 0 Å². The quantitative estimate of drug-likeness (QED) is 0.593. The lowest BCUT2D eigenvalue weighted by Gasteiger charge is -2.08. The predicted octanol–water partition coefficient (Wildman–Crippen LogP) is 4.14. The Bertz CT molecular complexity index is 676. The fourth-order valence-corrected chi connectivity index (χ4v) is 2.06. The first-order valence-corrected chi connectivity index (χ1v) is 6.35. The molecule has 0 unspecified atom stereocenters. The van der Waals surface area contributed by atoms with Gasteiger partial charge < -0.3 is 0 Å². The molecule has 0 radical (unpaired) electrons. The summed E-state index contributed by atoms with van der Waals surface area (Å²) in [4.78, 5) is 19.1. The predicted molar refractivity (Wildman–Crippen MR) is 69.6 cm³/mol. The van der Waals surface area contributed by atoms with Crippen LogP contribution in [0.3, 0.4) is 0 Å². The fourth-order valence-electron chi connectivity index (χ4n) is 1.45. The molecule has 0 bridgehead atoms. The van der Waals surface area contributed by atoms with Crippen molar-refractivity contribution in [2.24, 2.45) is 0 Å². The van der Waals surface area contributed by atoms with Crippen LogP contribution in [-0.2, 0) is 6.18 Å². The third kappa shape index (κ3) is 3.16. The Balaban J connectivity index is 2.41. The van der Waals surface area contributed by atoms with Gasteiger partial charge in [0.15, 0.2) is 5.78 Å². The van der Waals surface area contributed by atoms with Crippen molar-refractivity contribution in [1.29, 1.82) is 0 Å². The molecule has 0 spiro atoms. The van der Waals surface area contributed by atoms with Crippen molar-refractivity contribution in [1.82, 2.24) is 9.97 Å². The van der Waals surface area contributed by atoms with Gasteiger partial charge in [-0.25, -0.2) is 4.98 Å². The van der Waals surface area contributed by atoms with Gasteiger partial charge in [-0.3, -0.25) is 9.78 Å². The smallest absolute Gasteiger partial charge is 0.288 e. The minimum absolute atomic E-state index is 0.112. The van der Waals surface area contributed by atoms with Crippen LogP contribution in [0.5, 0.6) is 0 Å². The highest BCUT2D eigenvalue weighted by Gasteiger charge is 2.33. The molecule has 0 aliphatic heterocycles. The molecule has 104 valence electrons. The minimum Gasteiger partial charge on any atom is -0.288 e. The molecule has 0 atom stereocenters. The van der Waals surface area contributed by atoms with Gasteiger partial charge >= 0.3 is 6.18 Å². The SMILES string of the molecule is O=C(c1cncc(Br)c1)c1ccc(C(F)(F)F)nc1Cl. The van der Waals surface area contributed by atoms with E-state index in [0.717, 1.165) is 6.07 Å². The lowest BCUT2D eigenvalue weighted by Crippen LogP contribution is -2.11. The van der Waals surface area contributed by atoms with Crippen LogP contribution in [0.25, 0.3) is 0 Å². The molecule has 0 N–H and O–H groups in total. The molecule has 0 aliphatic rings. The van der Waals surface area contributed by atoms with Crippen molar-refractivity contribution in [2.45, 2.75) is 6.18 Å². The first kappa shape index (κ1) is 14.9. The maximum Gasteiger partial charge on any atom is 0.433 e. The summed E-state index contributed by atoms with van der Waals surface area (Å²) >= 11 is 8.80. The summed E-state index contributed by atoms with van der Waals surface area (Å²) in [5.74, 6) is -0.551. The largest absolute Gasteiger partial charge is 0.433 e. The Morgan fingerprint density at radius 2 is 1.95 bits per heavy atom. The van der Waals surface area contributed by atoms with E-state index < -0.39 is 22.8 Å². The highest BCUT2D eigenvalue weighted by molar-refractivity contribution is 9.10. The number of halogens is 5. The topological polar surface area (TPSA) is 42.9 Å². The Morgan fingerprint density at radius 3 is 2.50 bits per heavy atom. The zero-order chi connectivity index (χ0) is 14.9. The second-order valence-electron chi connectivity index (χ2n) is 3.75. The summed E-state index contributed by atoms with van der Waals surface area (Å²) < 4.78 is 37.9. The Kier molecular flexibility index (Phi) is 4.10. The summed E-state index contributed by atoms with van der Waals surface area (Å²) in [5, 5.41) is -0.496. The number of pyridine rings is 2. The minimum atomic E-state index is -4.61. The lowest BCUT2D eigenvalue weighted by molar-refractivity contribution is -0.141. The van der Waals surface area contributed by atoms with Crippen molar-refractivity contribution in [2.75, 3.05) is 0 Å². The summed E-state index contributed by atoms with van der Waals surface area (Å²) in [6.07, 6.45) is -1.84. The molecule has 0 saturated heterocycles. The number of carbonyl (C=O) groups is 1. The van der Waals surface area contributed by atoms with Crippen LogP contribution in [0.4, 0.5) is 13.2 Å². The standard InChI is InChI=1S/C12H5BrClF3N2O/c13-7-3-6(4-18-5-7)10(20)8-1-2-9(12(15,16)17)19-11(8)14/h1-5H. The molecule has 2 heterocycles. The van der Waals surface area contributed by atoms with Crippen molar-refractivity contribution in [3.05, 3.63) is 57.0 Å². The summed E-state index contributed by atoms with van der Waals surface area (Å²) in [6, 6.07) is 3.20. The van der Waals surface area contributed by atoms with Gasteiger partial charge in [0, 0.05) is 22.4 Å². The van der Waals surface area contributed by atoms with Crippen LogP contribution >= 0.6 is 27.5 Å². The van der Waals surface area contributed by atoms with E-state index in [9.17, 15) is 18.0 Å². The van der Waals surface area contributed by atoms with Crippen LogP contribution < -0.4 is 0 Å². The number of hydrogen-bond donors (Lipinski definition) is 0. The van der Waals surface area contributed by atoms with Gasteiger partial charge in [-0.2, -0.15) is 13.2 Å². The van der Waals surface area contributed by atoms with E-state index in [1.807, 2.05) is 0 Å². The number of ketones is 1. The third-order valence-electron chi connectivity index (χ3n) is 2.35.